The van der Waals surface area contributed by atoms with Crippen LogP contribution >= 0.6 is 15.9 Å². The van der Waals surface area contributed by atoms with Crippen molar-refractivity contribution < 1.29 is 9.53 Å². The third-order valence-electron chi connectivity index (χ3n) is 2.84. The molecule has 2 atom stereocenters. The highest BCUT2D eigenvalue weighted by Gasteiger charge is 2.31. The highest BCUT2D eigenvalue weighted by Crippen LogP contribution is 2.25. The van der Waals surface area contributed by atoms with E-state index < -0.39 is 0 Å². The van der Waals surface area contributed by atoms with Crippen molar-refractivity contribution in [1.82, 2.24) is 0 Å². The van der Waals surface area contributed by atoms with Gasteiger partial charge < -0.3 is 4.74 Å². The van der Waals surface area contributed by atoms with Crippen LogP contribution in [-0.2, 0) is 4.74 Å². The summed E-state index contributed by atoms with van der Waals surface area (Å²) in [5.74, 6) is 0.235. The Balaban J connectivity index is 2.17. The van der Waals surface area contributed by atoms with Crippen molar-refractivity contribution in [3.05, 3.63) is 34.3 Å². The van der Waals surface area contributed by atoms with E-state index in [0.29, 0.717) is 6.61 Å². The van der Waals surface area contributed by atoms with E-state index in [2.05, 4.69) is 15.9 Å². The zero-order valence-corrected chi connectivity index (χ0v) is 10.2. The summed E-state index contributed by atoms with van der Waals surface area (Å²) in [5.41, 5.74) is 0.778. The van der Waals surface area contributed by atoms with E-state index in [4.69, 9.17) is 4.74 Å². The molecule has 0 spiro atoms. The van der Waals surface area contributed by atoms with Crippen molar-refractivity contribution in [2.45, 2.75) is 19.4 Å². The van der Waals surface area contributed by atoms with Crippen molar-refractivity contribution >= 4 is 21.7 Å². The number of ether oxygens (including phenoxy) is 1. The summed E-state index contributed by atoms with van der Waals surface area (Å²) in [7, 11) is 0. The smallest absolute Gasteiger partial charge is 0.168 e. The molecule has 2 unspecified atom stereocenters. The lowest BCUT2D eigenvalue weighted by Gasteiger charge is -2.12. The van der Waals surface area contributed by atoms with Gasteiger partial charge in [-0.15, -0.1) is 0 Å². The summed E-state index contributed by atoms with van der Waals surface area (Å²) >= 11 is 3.35. The Labute approximate surface area is 97.8 Å². The average molecular weight is 269 g/mol. The van der Waals surface area contributed by atoms with E-state index in [0.717, 1.165) is 16.5 Å². The molecule has 0 bridgehead atoms. The molecule has 2 rings (SSSR count). The summed E-state index contributed by atoms with van der Waals surface area (Å²) in [4.78, 5) is 12.1. The second-order valence-corrected chi connectivity index (χ2v) is 4.76. The average Bonchev–Trinajstić information content (AvgIpc) is 2.65. The molecule has 3 heteroatoms. The minimum absolute atomic E-state index is 0.0335. The van der Waals surface area contributed by atoms with Crippen LogP contribution in [0.15, 0.2) is 28.7 Å². The first-order chi connectivity index (χ1) is 7.18. The number of rotatable bonds is 2. The third-order valence-corrected chi connectivity index (χ3v) is 3.37. The number of Topliss-reactive ketones (excluding diaryl/α,β-unsaturated/α-hetero) is 1. The molecular weight excluding hydrogens is 256 g/mol. The fraction of sp³-hybridized carbons (Fsp3) is 0.417. The molecule has 1 aliphatic heterocycles. The maximum Gasteiger partial charge on any atom is 0.168 e. The zero-order chi connectivity index (χ0) is 10.8. The van der Waals surface area contributed by atoms with Crippen molar-refractivity contribution in [3.63, 3.8) is 0 Å². The van der Waals surface area contributed by atoms with Crippen LogP contribution in [0.4, 0.5) is 0 Å². The van der Waals surface area contributed by atoms with E-state index in [1.807, 2.05) is 31.2 Å². The second-order valence-electron chi connectivity index (χ2n) is 3.84. The van der Waals surface area contributed by atoms with Gasteiger partial charge in [-0.25, -0.2) is 0 Å². The van der Waals surface area contributed by atoms with Crippen LogP contribution < -0.4 is 0 Å². The molecule has 1 saturated heterocycles. The zero-order valence-electron chi connectivity index (χ0n) is 8.57. The molecule has 0 N–H and O–H groups in total. The standard InChI is InChI=1S/C12H13BrO2/c1-8-11(6-7-15-8)12(14)9-2-4-10(13)5-3-9/h2-5,8,11H,6-7H2,1H3. The molecule has 1 aromatic carbocycles. The first kappa shape index (κ1) is 10.8. The first-order valence-electron chi connectivity index (χ1n) is 5.10. The molecule has 1 aliphatic rings. The van der Waals surface area contributed by atoms with Crippen molar-refractivity contribution in [2.75, 3.05) is 6.61 Å². The molecule has 0 saturated carbocycles. The van der Waals surface area contributed by atoms with E-state index in [1.54, 1.807) is 0 Å². The Kier molecular flexibility index (Phi) is 3.22. The summed E-state index contributed by atoms with van der Waals surface area (Å²) in [5, 5.41) is 0. The van der Waals surface area contributed by atoms with Crippen LogP contribution in [0.25, 0.3) is 0 Å². The van der Waals surface area contributed by atoms with Gasteiger partial charge in [-0.3, -0.25) is 4.79 Å². The summed E-state index contributed by atoms with van der Waals surface area (Å²) in [6.07, 6.45) is 0.900. The lowest BCUT2D eigenvalue weighted by molar-refractivity contribution is 0.0764. The van der Waals surface area contributed by atoms with Crippen LogP contribution in [0.5, 0.6) is 0 Å². The molecule has 1 heterocycles. The Morgan fingerprint density at radius 2 is 2.07 bits per heavy atom. The van der Waals surface area contributed by atoms with Crippen molar-refractivity contribution in [2.24, 2.45) is 5.92 Å². The Morgan fingerprint density at radius 3 is 2.60 bits per heavy atom. The number of ketones is 1. The highest BCUT2D eigenvalue weighted by atomic mass is 79.9. The number of benzene rings is 1. The van der Waals surface area contributed by atoms with Gasteiger partial charge in [0.2, 0.25) is 0 Å². The van der Waals surface area contributed by atoms with Gasteiger partial charge in [0.25, 0.3) is 0 Å². The Hall–Kier alpha value is -0.670. The molecular formula is C12H13BrO2. The van der Waals surface area contributed by atoms with Gasteiger partial charge in [-0.1, -0.05) is 28.1 Å². The summed E-state index contributed by atoms with van der Waals surface area (Å²) < 4.78 is 6.40. The lowest BCUT2D eigenvalue weighted by Crippen LogP contribution is -2.21. The number of carbonyl (C=O) groups excluding carboxylic acids is 1. The Bertz CT molecular complexity index is 358. The van der Waals surface area contributed by atoms with Gasteiger partial charge in [0.1, 0.15) is 0 Å². The topological polar surface area (TPSA) is 26.3 Å². The van der Waals surface area contributed by atoms with Crippen LogP contribution in [0.2, 0.25) is 0 Å². The van der Waals surface area contributed by atoms with Crippen molar-refractivity contribution in [3.8, 4) is 0 Å². The lowest BCUT2D eigenvalue weighted by atomic mass is 9.92. The van der Waals surface area contributed by atoms with Crippen LogP contribution in [0.3, 0.4) is 0 Å². The predicted octanol–water partition coefficient (Wildman–Crippen LogP) is 3.06. The predicted molar refractivity (Wildman–Crippen MR) is 62.0 cm³/mol. The van der Waals surface area contributed by atoms with Gasteiger partial charge in [0, 0.05) is 16.6 Å². The molecule has 1 aromatic rings. The molecule has 0 amide bonds. The highest BCUT2D eigenvalue weighted by molar-refractivity contribution is 9.10. The monoisotopic (exact) mass is 268 g/mol. The van der Waals surface area contributed by atoms with E-state index in [-0.39, 0.29) is 17.8 Å². The van der Waals surface area contributed by atoms with E-state index in [1.165, 1.54) is 0 Å². The minimum Gasteiger partial charge on any atom is -0.378 e. The second kappa shape index (κ2) is 4.45. The van der Waals surface area contributed by atoms with Crippen LogP contribution in [0, 0.1) is 5.92 Å². The van der Waals surface area contributed by atoms with Gasteiger partial charge in [0.05, 0.1) is 12.0 Å². The maximum atomic E-state index is 12.1. The Morgan fingerprint density at radius 1 is 1.40 bits per heavy atom. The van der Waals surface area contributed by atoms with Gasteiger partial charge in [0.15, 0.2) is 5.78 Å². The van der Waals surface area contributed by atoms with Crippen molar-refractivity contribution in [1.29, 1.82) is 0 Å². The van der Waals surface area contributed by atoms with E-state index >= 15 is 0 Å². The molecule has 0 radical (unpaired) electrons. The maximum absolute atomic E-state index is 12.1. The number of halogens is 1. The molecule has 0 aromatic heterocycles. The fourth-order valence-electron chi connectivity index (χ4n) is 1.90. The van der Waals surface area contributed by atoms with E-state index in [9.17, 15) is 4.79 Å². The summed E-state index contributed by atoms with van der Waals surface area (Å²) in [6.45, 7) is 2.67. The minimum atomic E-state index is 0.0335. The molecule has 15 heavy (non-hydrogen) atoms. The number of hydrogen-bond acceptors (Lipinski definition) is 2. The number of carbonyl (C=O) groups is 1. The molecule has 1 fully saturated rings. The molecule has 0 aliphatic carbocycles. The first-order valence-corrected chi connectivity index (χ1v) is 5.89. The third kappa shape index (κ3) is 2.29. The summed E-state index contributed by atoms with van der Waals surface area (Å²) in [6, 6.07) is 7.51. The molecule has 80 valence electrons. The largest absolute Gasteiger partial charge is 0.378 e. The van der Waals surface area contributed by atoms with Crippen LogP contribution in [-0.4, -0.2) is 18.5 Å². The van der Waals surface area contributed by atoms with Crippen LogP contribution in [0.1, 0.15) is 23.7 Å². The van der Waals surface area contributed by atoms with Gasteiger partial charge in [-0.2, -0.15) is 0 Å². The normalized spacial score (nSPS) is 25.5. The van der Waals surface area contributed by atoms with Gasteiger partial charge >= 0.3 is 0 Å². The van der Waals surface area contributed by atoms with Gasteiger partial charge in [-0.05, 0) is 25.5 Å². The fourth-order valence-corrected chi connectivity index (χ4v) is 2.17. The molecule has 2 nitrogen and oxygen atoms in total. The quantitative estimate of drug-likeness (QED) is 0.771. The SMILES string of the molecule is CC1OCCC1C(=O)c1ccc(Br)cc1. The number of hydrogen-bond donors (Lipinski definition) is 0.